The van der Waals surface area contributed by atoms with Crippen molar-refractivity contribution in [1.82, 2.24) is 0 Å². The van der Waals surface area contributed by atoms with E-state index in [4.69, 9.17) is 10.8 Å². The van der Waals surface area contributed by atoms with Crippen LogP contribution in [0.25, 0.3) is 0 Å². The minimum Gasteiger partial charge on any atom is -0.393 e. The molecule has 0 radical (unpaired) electrons. The van der Waals surface area contributed by atoms with Crippen molar-refractivity contribution < 1.29 is 21.1 Å². The number of aliphatic hydroxyl groups is 2. The van der Waals surface area contributed by atoms with Gasteiger partial charge < -0.3 is 19.7 Å². The van der Waals surface area contributed by atoms with Gasteiger partial charge in [0.2, 0.25) is 0 Å². The Morgan fingerprint density at radius 2 is 1.85 bits per heavy atom. The summed E-state index contributed by atoms with van der Waals surface area (Å²) in [6.45, 7) is 7.87. The zero-order valence-electron chi connectivity index (χ0n) is 18.0. The molecular weight excluding hydrogens is 340 g/mol. The van der Waals surface area contributed by atoms with E-state index in [1.165, 1.54) is 5.57 Å². The molecule has 0 aromatic carbocycles. The highest BCUT2D eigenvalue weighted by molar-refractivity contribution is 5.26. The molecule has 1 saturated heterocycles. The van der Waals surface area contributed by atoms with E-state index in [1.807, 2.05) is 0 Å². The Labute approximate surface area is 164 Å². The molecule has 8 atom stereocenters. The maximum absolute atomic E-state index is 11.6. The predicted molar refractivity (Wildman–Crippen MR) is 103 cm³/mol. The summed E-state index contributed by atoms with van der Waals surface area (Å²) < 4.78 is 21.2. The summed E-state index contributed by atoms with van der Waals surface area (Å²) in [4.78, 5) is 0. The van der Waals surface area contributed by atoms with Gasteiger partial charge in [-0.3, -0.25) is 0 Å². The normalized spacial score (nSPS) is 57.3. The van der Waals surface area contributed by atoms with Crippen molar-refractivity contribution in [2.24, 2.45) is 34.5 Å². The second kappa shape index (κ2) is 6.04. The molecule has 4 heteroatoms. The Balaban J connectivity index is 1.54. The quantitative estimate of drug-likeness (QED) is 0.685. The highest BCUT2D eigenvalue weighted by Gasteiger charge is 2.65. The van der Waals surface area contributed by atoms with Gasteiger partial charge in [0.15, 0.2) is 5.79 Å². The van der Waals surface area contributed by atoms with E-state index in [2.05, 4.69) is 26.8 Å². The lowest BCUT2D eigenvalue weighted by atomic mass is 9.46. The second-order valence-electron chi connectivity index (χ2n) is 10.5. The van der Waals surface area contributed by atoms with Crippen molar-refractivity contribution >= 4 is 0 Å². The van der Waals surface area contributed by atoms with Crippen molar-refractivity contribution in [2.45, 2.75) is 83.7 Å². The number of allylic oxidation sites excluding steroid dienone is 1. The fraction of sp³-hybridized carbons (Fsp3) is 0.913. The van der Waals surface area contributed by atoms with Crippen molar-refractivity contribution in [3.8, 4) is 0 Å². The van der Waals surface area contributed by atoms with Gasteiger partial charge in [0.05, 0.1) is 26.8 Å². The molecule has 152 valence electrons. The fourth-order valence-corrected chi connectivity index (χ4v) is 8.10. The molecule has 5 rings (SSSR count). The van der Waals surface area contributed by atoms with Crippen LogP contribution < -0.4 is 0 Å². The molecule has 0 aromatic rings. The topological polar surface area (TPSA) is 58.9 Å². The first-order chi connectivity index (χ1) is 13.1. The maximum atomic E-state index is 11.6. The van der Waals surface area contributed by atoms with Crippen molar-refractivity contribution in [3.63, 3.8) is 0 Å². The molecule has 4 nitrogen and oxygen atoms in total. The van der Waals surface area contributed by atoms with Gasteiger partial charge in [-0.05, 0) is 80.5 Å². The first-order valence-corrected chi connectivity index (χ1v) is 11.0. The van der Waals surface area contributed by atoms with Gasteiger partial charge in [0, 0.05) is 5.92 Å². The lowest BCUT2D eigenvalue weighted by molar-refractivity contribution is -0.223. The highest BCUT2D eigenvalue weighted by atomic mass is 16.7. The van der Waals surface area contributed by atoms with Crippen LogP contribution in [-0.4, -0.2) is 41.4 Å². The first-order valence-electron chi connectivity index (χ1n) is 11.5. The summed E-state index contributed by atoms with van der Waals surface area (Å²) in [5, 5.41) is 21.8. The van der Waals surface area contributed by atoms with Crippen LogP contribution >= 0.6 is 0 Å². The van der Waals surface area contributed by atoms with Crippen molar-refractivity contribution in [2.75, 3.05) is 13.2 Å². The van der Waals surface area contributed by atoms with Crippen LogP contribution in [0.4, 0.5) is 0 Å². The Kier molecular flexibility index (Phi) is 3.90. The van der Waals surface area contributed by atoms with E-state index >= 15 is 0 Å². The Bertz CT molecular complexity index is 684. The SMILES string of the molecule is [2H][C@]1(O)C[C@]2(C)[C@@H](C3(C)OCCO3)CC[C@H]2[C@@H]2CC=C3CC(O)CC[C@]3(C)[C@H]21. The molecule has 2 N–H and O–H groups in total. The summed E-state index contributed by atoms with van der Waals surface area (Å²) in [7, 11) is 0. The van der Waals surface area contributed by atoms with E-state index in [1.54, 1.807) is 0 Å². The summed E-state index contributed by atoms with van der Waals surface area (Å²) in [5.74, 6) is 0.389. The summed E-state index contributed by atoms with van der Waals surface area (Å²) in [6, 6.07) is 0. The predicted octanol–water partition coefficient (Wildman–Crippen LogP) is 3.66. The van der Waals surface area contributed by atoms with E-state index in [9.17, 15) is 10.2 Å². The average molecular weight is 378 g/mol. The van der Waals surface area contributed by atoms with Gasteiger partial charge in [0.1, 0.15) is 0 Å². The number of aliphatic hydroxyl groups excluding tert-OH is 1. The van der Waals surface area contributed by atoms with Gasteiger partial charge in [0.25, 0.3) is 0 Å². The molecule has 4 aliphatic carbocycles. The molecule has 0 bridgehead atoms. The number of hydrogen-bond donors (Lipinski definition) is 2. The third-order valence-electron chi connectivity index (χ3n) is 9.28. The van der Waals surface area contributed by atoms with Crippen LogP contribution in [0, 0.1) is 34.5 Å². The van der Waals surface area contributed by atoms with Gasteiger partial charge in [-0.1, -0.05) is 25.5 Å². The monoisotopic (exact) mass is 377 g/mol. The van der Waals surface area contributed by atoms with Gasteiger partial charge in [-0.2, -0.15) is 0 Å². The molecule has 5 aliphatic rings. The van der Waals surface area contributed by atoms with E-state index in [-0.39, 0.29) is 28.8 Å². The van der Waals surface area contributed by atoms with E-state index in [0.29, 0.717) is 37.9 Å². The number of fused-ring (bicyclic) bond motifs is 5. The van der Waals surface area contributed by atoms with E-state index in [0.717, 1.165) is 32.1 Å². The molecule has 3 saturated carbocycles. The van der Waals surface area contributed by atoms with Crippen LogP contribution in [0.1, 0.15) is 67.1 Å². The molecule has 0 spiro atoms. The maximum Gasteiger partial charge on any atom is 0.169 e. The van der Waals surface area contributed by atoms with Gasteiger partial charge in [-0.25, -0.2) is 0 Å². The Hall–Kier alpha value is -0.420. The molecule has 1 unspecified atom stereocenters. The lowest BCUT2D eigenvalue weighted by Gasteiger charge is -2.60. The minimum atomic E-state index is -1.45. The molecule has 1 aliphatic heterocycles. The van der Waals surface area contributed by atoms with Gasteiger partial charge in [-0.15, -0.1) is 0 Å². The molecular formula is C23H36O4. The Morgan fingerprint density at radius 3 is 2.59 bits per heavy atom. The van der Waals surface area contributed by atoms with Gasteiger partial charge >= 0.3 is 0 Å². The average Bonchev–Trinajstić information content (AvgIpc) is 3.18. The van der Waals surface area contributed by atoms with Crippen LogP contribution in [0.5, 0.6) is 0 Å². The Morgan fingerprint density at radius 1 is 1.11 bits per heavy atom. The molecule has 4 fully saturated rings. The largest absolute Gasteiger partial charge is 0.393 e. The third-order valence-corrected chi connectivity index (χ3v) is 9.28. The molecule has 0 amide bonds. The number of ether oxygens (including phenoxy) is 2. The van der Waals surface area contributed by atoms with Crippen LogP contribution in [0.3, 0.4) is 0 Å². The van der Waals surface area contributed by atoms with E-state index < -0.39 is 11.9 Å². The van der Waals surface area contributed by atoms with Crippen LogP contribution in [0.2, 0.25) is 0 Å². The zero-order valence-corrected chi connectivity index (χ0v) is 17.0. The summed E-state index contributed by atoms with van der Waals surface area (Å²) in [6.07, 6.45) is 6.57. The summed E-state index contributed by atoms with van der Waals surface area (Å²) in [5.41, 5.74) is 0.973. The van der Waals surface area contributed by atoms with Crippen LogP contribution in [-0.2, 0) is 9.47 Å². The minimum absolute atomic E-state index is 0.0532. The smallest absolute Gasteiger partial charge is 0.169 e. The number of hydrogen-bond acceptors (Lipinski definition) is 4. The second-order valence-corrected chi connectivity index (χ2v) is 10.5. The van der Waals surface area contributed by atoms with Crippen molar-refractivity contribution in [1.29, 1.82) is 0 Å². The van der Waals surface area contributed by atoms with Crippen LogP contribution in [0.15, 0.2) is 11.6 Å². The van der Waals surface area contributed by atoms with Crippen molar-refractivity contribution in [3.05, 3.63) is 11.6 Å². The highest BCUT2D eigenvalue weighted by Crippen LogP contribution is 2.68. The lowest BCUT2D eigenvalue weighted by Crippen LogP contribution is -2.58. The zero-order chi connectivity index (χ0) is 19.9. The molecule has 0 aromatic heterocycles. The first kappa shape index (κ1) is 17.4. The number of rotatable bonds is 1. The standard InChI is InChI=1S/C23H36O4/c1-21-9-8-15(24)12-14(21)4-5-16-17-6-7-19(23(3)26-10-11-27-23)22(17,2)13-18(25)20(16)21/h4,15-20,24-25H,5-13H2,1-3H3/t15?,16-,17-,18-,19-,20+,21-,22-/m0/s1/i18D. The summed E-state index contributed by atoms with van der Waals surface area (Å²) >= 11 is 0. The fourth-order valence-electron chi connectivity index (χ4n) is 8.10. The molecule has 27 heavy (non-hydrogen) atoms. The third kappa shape index (κ3) is 2.49. The molecule has 1 heterocycles.